The van der Waals surface area contributed by atoms with Gasteiger partial charge in [0.05, 0.1) is 13.0 Å². The normalized spacial score (nSPS) is 19.8. The molecule has 5 heteroatoms. The van der Waals surface area contributed by atoms with Gasteiger partial charge in [0.2, 0.25) is 5.91 Å². The number of amides is 1. The fourth-order valence-electron chi connectivity index (χ4n) is 1.75. The molecule has 0 aliphatic carbocycles. The van der Waals surface area contributed by atoms with Gasteiger partial charge in [-0.3, -0.25) is 9.59 Å². The van der Waals surface area contributed by atoms with E-state index in [1.165, 1.54) is 7.11 Å². The van der Waals surface area contributed by atoms with E-state index >= 15 is 0 Å². The minimum absolute atomic E-state index is 0.0556. The monoisotopic (exact) mass is 233 g/mol. The Morgan fingerprint density at radius 2 is 1.93 bits per heavy atom. The second kappa shape index (κ2) is 5.35. The van der Waals surface area contributed by atoms with E-state index < -0.39 is 5.38 Å². The Balaban J connectivity index is 2.42. The Morgan fingerprint density at radius 3 is 2.33 bits per heavy atom. The van der Waals surface area contributed by atoms with Crippen molar-refractivity contribution in [1.82, 2.24) is 4.90 Å². The van der Waals surface area contributed by atoms with Crippen LogP contribution >= 0.6 is 11.6 Å². The van der Waals surface area contributed by atoms with Gasteiger partial charge in [-0.25, -0.2) is 0 Å². The van der Waals surface area contributed by atoms with Crippen LogP contribution in [0.25, 0.3) is 0 Å². The van der Waals surface area contributed by atoms with E-state index in [0.29, 0.717) is 25.9 Å². The number of esters is 1. The highest BCUT2D eigenvalue weighted by Crippen LogP contribution is 2.19. The van der Waals surface area contributed by atoms with Crippen molar-refractivity contribution in [1.29, 1.82) is 0 Å². The fraction of sp³-hybridized carbons (Fsp3) is 0.800. The van der Waals surface area contributed by atoms with E-state index in [0.717, 1.165) is 0 Å². The number of carbonyl (C=O) groups is 2. The van der Waals surface area contributed by atoms with Gasteiger partial charge in [-0.15, -0.1) is 11.6 Å². The van der Waals surface area contributed by atoms with E-state index in [4.69, 9.17) is 11.6 Å². The highest BCUT2D eigenvalue weighted by molar-refractivity contribution is 6.30. The summed E-state index contributed by atoms with van der Waals surface area (Å²) in [6, 6.07) is 0. The van der Waals surface area contributed by atoms with Gasteiger partial charge < -0.3 is 9.64 Å². The first-order valence-corrected chi connectivity index (χ1v) is 5.50. The summed E-state index contributed by atoms with van der Waals surface area (Å²) in [7, 11) is 1.39. The van der Waals surface area contributed by atoms with E-state index in [2.05, 4.69) is 4.74 Å². The first-order valence-electron chi connectivity index (χ1n) is 5.07. The minimum Gasteiger partial charge on any atom is -0.469 e. The zero-order valence-electron chi connectivity index (χ0n) is 9.03. The van der Waals surface area contributed by atoms with Crippen LogP contribution in [0.3, 0.4) is 0 Å². The maximum atomic E-state index is 11.5. The molecule has 1 atom stereocenters. The van der Waals surface area contributed by atoms with Crippen molar-refractivity contribution in [3.63, 3.8) is 0 Å². The summed E-state index contributed by atoms with van der Waals surface area (Å²) in [6.07, 6.45) is 1.34. The average Bonchev–Trinajstić information content (AvgIpc) is 2.27. The van der Waals surface area contributed by atoms with Crippen LogP contribution in [0.15, 0.2) is 0 Å². The molecule has 0 aromatic heterocycles. The van der Waals surface area contributed by atoms with E-state index in [1.54, 1.807) is 11.8 Å². The quantitative estimate of drug-likeness (QED) is 0.529. The van der Waals surface area contributed by atoms with E-state index in [1.807, 2.05) is 0 Å². The summed E-state index contributed by atoms with van der Waals surface area (Å²) in [4.78, 5) is 24.5. The number of ether oxygens (including phenoxy) is 1. The van der Waals surface area contributed by atoms with E-state index in [9.17, 15) is 9.59 Å². The molecule has 0 spiro atoms. The Bertz CT molecular complexity index is 247. The van der Waals surface area contributed by atoms with Crippen molar-refractivity contribution in [2.45, 2.75) is 25.1 Å². The maximum absolute atomic E-state index is 11.5. The van der Waals surface area contributed by atoms with Crippen LogP contribution in [0.5, 0.6) is 0 Å². The van der Waals surface area contributed by atoms with Gasteiger partial charge in [-0.05, 0) is 19.8 Å². The molecular weight excluding hydrogens is 218 g/mol. The van der Waals surface area contributed by atoms with Gasteiger partial charge in [0.25, 0.3) is 0 Å². The van der Waals surface area contributed by atoms with Crippen molar-refractivity contribution in [2.24, 2.45) is 5.92 Å². The predicted molar refractivity (Wildman–Crippen MR) is 56.6 cm³/mol. The smallest absolute Gasteiger partial charge is 0.308 e. The van der Waals surface area contributed by atoms with Gasteiger partial charge >= 0.3 is 5.97 Å². The number of nitrogens with zero attached hydrogens (tertiary/aromatic N) is 1. The molecule has 1 rings (SSSR count). The average molecular weight is 234 g/mol. The number of piperidine rings is 1. The molecule has 1 aliphatic heterocycles. The molecule has 0 bridgehead atoms. The SMILES string of the molecule is COC(=O)C1CCN(C(=O)[C@@H](C)Cl)CC1. The Hall–Kier alpha value is -0.770. The third-order valence-electron chi connectivity index (χ3n) is 2.68. The van der Waals surface area contributed by atoms with Gasteiger partial charge in [-0.1, -0.05) is 0 Å². The summed E-state index contributed by atoms with van der Waals surface area (Å²) < 4.78 is 4.66. The number of carbonyl (C=O) groups excluding carboxylic acids is 2. The molecule has 1 amide bonds. The number of methoxy groups -OCH3 is 1. The van der Waals surface area contributed by atoms with Gasteiger partial charge in [-0.2, -0.15) is 0 Å². The molecule has 0 N–H and O–H groups in total. The van der Waals surface area contributed by atoms with Crippen molar-refractivity contribution >= 4 is 23.5 Å². The lowest BCUT2D eigenvalue weighted by atomic mass is 9.97. The molecule has 4 nitrogen and oxygen atoms in total. The topological polar surface area (TPSA) is 46.6 Å². The minimum atomic E-state index is -0.486. The van der Waals surface area contributed by atoms with Crippen LogP contribution in [0, 0.1) is 5.92 Å². The molecule has 0 aromatic rings. The van der Waals surface area contributed by atoms with E-state index in [-0.39, 0.29) is 17.8 Å². The largest absolute Gasteiger partial charge is 0.469 e. The van der Waals surface area contributed by atoms with Crippen LogP contribution in [0.4, 0.5) is 0 Å². The fourth-order valence-corrected chi connectivity index (χ4v) is 1.89. The summed E-state index contributed by atoms with van der Waals surface area (Å²) in [5.74, 6) is -0.300. The van der Waals surface area contributed by atoms with Crippen LogP contribution < -0.4 is 0 Å². The van der Waals surface area contributed by atoms with Crippen LogP contribution in [-0.4, -0.2) is 42.4 Å². The number of rotatable bonds is 2. The third-order valence-corrected chi connectivity index (χ3v) is 2.87. The third kappa shape index (κ3) is 3.09. The number of halogens is 1. The second-order valence-corrected chi connectivity index (χ2v) is 4.39. The Labute approximate surface area is 94.5 Å². The zero-order valence-corrected chi connectivity index (χ0v) is 9.79. The first-order chi connectivity index (χ1) is 7.06. The molecule has 0 saturated carbocycles. The molecule has 15 heavy (non-hydrogen) atoms. The molecule has 1 saturated heterocycles. The lowest BCUT2D eigenvalue weighted by Gasteiger charge is -2.31. The number of likely N-dealkylation sites (tertiary alicyclic amines) is 1. The molecular formula is C10H16ClNO3. The molecule has 86 valence electrons. The molecule has 0 unspecified atom stereocenters. The molecule has 1 fully saturated rings. The highest BCUT2D eigenvalue weighted by atomic mass is 35.5. The highest BCUT2D eigenvalue weighted by Gasteiger charge is 2.28. The van der Waals surface area contributed by atoms with Gasteiger partial charge in [0, 0.05) is 13.1 Å². The van der Waals surface area contributed by atoms with Crippen molar-refractivity contribution < 1.29 is 14.3 Å². The summed E-state index contributed by atoms with van der Waals surface area (Å²) >= 11 is 5.70. The number of hydrogen-bond acceptors (Lipinski definition) is 3. The molecule has 0 aromatic carbocycles. The number of hydrogen-bond donors (Lipinski definition) is 0. The maximum Gasteiger partial charge on any atom is 0.308 e. The van der Waals surface area contributed by atoms with Crippen LogP contribution in [-0.2, 0) is 14.3 Å². The lowest BCUT2D eigenvalue weighted by molar-refractivity contribution is -0.148. The molecule has 1 heterocycles. The molecule has 0 radical (unpaired) electrons. The second-order valence-electron chi connectivity index (χ2n) is 3.74. The standard InChI is InChI=1S/C10H16ClNO3/c1-7(11)9(13)12-5-3-8(4-6-12)10(14)15-2/h7-8H,3-6H2,1-2H3/t7-/m1/s1. The van der Waals surface area contributed by atoms with Gasteiger partial charge in [0.1, 0.15) is 5.38 Å². The molecule has 1 aliphatic rings. The number of alkyl halides is 1. The van der Waals surface area contributed by atoms with Crippen LogP contribution in [0.1, 0.15) is 19.8 Å². The van der Waals surface area contributed by atoms with Gasteiger partial charge in [0.15, 0.2) is 0 Å². The predicted octanol–water partition coefficient (Wildman–Crippen LogP) is 1.03. The lowest BCUT2D eigenvalue weighted by Crippen LogP contribution is -2.43. The Morgan fingerprint density at radius 1 is 1.40 bits per heavy atom. The van der Waals surface area contributed by atoms with Crippen molar-refractivity contribution in [2.75, 3.05) is 20.2 Å². The van der Waals surface area contributed by atoms with Crippen LogP contribution in [0.2, 0.25) is 0 Å². The summed E-state index contributed by atoms with van der Waals surface area (Å²) in [5.41, 5.74) is 0. The first kappa shape index (κ1) is 12.3. The van der Waals surface area contributed by atoms with Crippen molar-refractivity contribution in [3.8, 4) is 0 Å². The zero-order chi connectivity index (χ0) is 11.4. The van der Waals surface area contributed by atoms with Crippen molar-refractivity contribution in [3.05, 3.63) is 0 Å². The summed E-state index contributed by atoms with van der Waals surface area (Å²) in [5, 5.41) is -0.486. The summed E-state index contributed by atoms with van der Waals surface area (Å²) in [6.45, 7) is 2.85. The Kier molecular flexibility index (Phi) is 4.39.